The Balaban J connectivity index is 2.78. The lowest BCUT2D eigenvalue weighted by molar-refractivity contribution is -0.138. The maximum Gasteiger partial charge on any atom is 0.322 e. The van der Waals surface area contributed by atoms with Gasteiger partial charge in [-0.3, -0.25) is 4.79 Å². The van der Waals surface area contributed by atoms with Crippen molar-refractivity contribution in [3.05, 3.63) is 12.7 Å². The normalized spacial score (nSPS) is 23.5. The average Bonchev–Trinajstić information content (AvgIpc) is 2.28. The van der Waals surface area contributed by atoms with Gasteiger partial charge in [0.25, 0.3) is 10.2 Å². The number of nitrogens with one attached hydrogen (secondary N) is 1. The van der Waals surface area contributed by atoms with E-state index < -0.39 is 22.2 Å². The van der Waals surface area contributed by atoms with Crippen molar-refractivity contribution in [3.63, 3.8) is 0 Å². The second-order valence-corrected chi connectivity index (χ2v) is 6.15. The van der Waals surface area contributed by atoms with E-state index in [1.54, 1.807) is 0 Å². The molecule has 1 aliphatic heterocycles. The van der Waals surface area contributed by atoms with Crippen molar-refractivity contribution < 1.29 is 18.3 Å². The lowest BCUT2D eigenvalue weighted by Gasteiger charge is -2.33. The monoisotopic (exact) mass is 276 g/mol. The SMILES string of the molecule is C=CCC(NS(=O)(=O)N1CCCCC1C)C(=O)O. The predicted octanol–water partition coefficient (Wildman–Crippen LogP) is 0.724. The molecule has 104 valence electrons. The van der Waals surface area contributed by atoms with Gasteiger partial charge in [-0.2, -0.15) is 17.4 Å². The molecule has 2 unspecified atom stereocenters. The minimum atomic E-state index is -3.74. The minimum Gasteiger partial charge on any atom is -0.480 e. The van der Waals surface area contributed by atoms with Crippen LogP contribution in [0.5, 0.6) is 0 Å². The Morgan fingerprint density at radius 3 is 2.78 bits per heavy atom. The number of carboxylic acid groups (broad SMARTS) is 1. The highest BCUT2D eigenvalue weighted by atomic mass is 32.2. The van der Waals surface area contributed by atoms with Crippen molar-refractivity contribution in [2.45, 2.75) is 44.7 Å². The van der Waals surface area contributed by atoms with Crippen molar-refractivity contribution in [1.29, 1.82) is 0 Å². The van der Waals surface area contributed by atoms with Crippen molar-refractivity contribution in [2.24, 2.45) is 0 Å². The molecule has 0 radical (unpaired) electrons. The van der Waals surface area contributed by atoms with Crippen molar-refractivity contribution in [1.82, 2.24) is 9.03 Å². The molecular formula is C11H20N2O4S. The fourth-order valence-electron chi connectivity index (χ4n) is 2.04. The van der Waals surface area contributed by atoms with Gasteiger partial charge in [0.05, 0.1) is 0 Å². The molecule has 0 aromatic heterocycles. The number of piperidine rings is 1. The van der Waals surface area contributed by atoms with E-state index in [4.69, 9.17) is 5.11 Å². The zero-order valence-corrected chi connectivity index (χ0v) is 11.3. The summed E-state index contributed by atoms with van der Waals surface area (Å²) in [5.74, 6) is -1.19. The molecule has 1 fully saturated rings. The quantitative estimate of drug-likeness (QED) is 0.700. The second kappa shape index (κ2) is 6.31. The lowest BCUT2D eigenvalue weighted by atomic mass is 10.1. The van der Waals surface area contributed by atoms with Crippen molar-refractivity contribution in [3.8, 4) is 0 Å². The van der Waals surface area contributed by atoms with Crippen molar-refractivity contribution in [2.75, 3.05) is 6.54 Å². The van der Waals surface area contributed by atoms with E-state index >= 15 is 0 Å². The van der Waals surface area contributed by atoms with Gasteiger partial charge in [0.15, 0.2) is 0 Å². The first kappa shape index (κ1) is 15.1. The average molecular weight is 276 g/mol. The topological polar surface area (TPSA) is 86.7 Å². The number of carbonyl (C=O) groups is 1. The number of hydrogen-bond donors (Lipinski definition) is 2. The molecule has 18 heavy (non-hydrogen) atoms. The maximum absolute atomic E-state index is 12.1. The van der Waals surface area contributed by atoms with Gasteiger partial charge in [0.1, 0.15) is 6.04 Å². The molecule has 0 aliphatic carbocycles. The number of rotatable bonds is 6. The van der Waals surface area contributed by atoms with Crippen LogP contribution in [0.25, 0.3) is 0 Å². The zero-order chi connectivity index (χ0) is 13.8. The van der Waals surface area contributed by atoms with Crippen LogP contribution < -0.4 is 4.72 Å². The van der Waals surface area contributed by atoms with Gasteiger partial charge in [-0.05, 0) is 26.2 Å². The summed E-state index contributed by atoms with van der Waals surface area (Å²) in [4.78, 5) is 10.9. The molecule has 0 amide bonds. The van der Waals surface area contributed by atoms with Gasteiger partial charge in [0, 0.05) is 12.6 Å². The summed E-state index contributed by atoms with van der Waals surface area (Å²) in [5.41, 5.74) is 0. The molecule has 1 heterocycles. The van der Waals surface area contributed by atoms with Crippen LogP contribution in [0.3, 0.4) is 0 Å². The largest absolute Gasteiger partial charge is 0.480 e. The Kier molecular flexibility index (Phi) is 5.30. The van der Waals surface area contributed by atoms with E-state index in [1.807, 2.05) is 6.92 Å². The van der Waals surface area contributed by atoms with Crippen LogP contribution in [0.1, 0.15) is 32.6 Å². The van der Waals surface area contributed by atoms with E-state index in [1.165, 1.54) is 10.4 Å². The second-order valence-electron chi connectivity index (χ2n) is 4.49. The first-order chi connectivity index (χ1) is 8.38. The summed E-state index contributed by atoms with van der Waals surface area (Å²) in [7, 11) is -3.74. The van der Waals surface area contributed by atoms with Gasteiger partial charge >= 0.3 is 5.97 Å². The highest BCUT2D eigenvalue weighted by molar-refractivity contribution is 7.87. The van der Waals surface area contributed by atoms with E-state index in [-0.39, 0.29) is 12.5 Å². The molecule has 0 aromatic carbocycles. The summed E-state index contributed by atoms with van der Waals surface area (Å²) in [6.07, 6.45) is 4.07. The van der Waals surface area contributed by atoms with Gasteiger partial charge in [-0.15, -0.1) is 6.58 Å². The van der Waals surface area contributed by atoms with Crippen molar-refractivity contribution >= 4 is 16.2 Å². The number of nitrogens with zero attached hydrogens (tertiary/aromatic N) is 1. The Bertz CT molecular complexity index is 407. The summed E-state index contributed by atoms with van der Waals surface area (Å²) in [6.45, 7) is 5.70. The number of aliphatic carboxylic acids is 1. The molecule has 2 N–H and O–H groups in total. The summed E-state index contributed by atoms with van der Waals surface area (Å²) in [5, 5.41) is 8.94. The predicted molar refractivity (Wildman–Crippen MR) is 68.3 cm³/mol. The Morgan fingerprint density at radius 2 is 2.28 bits per heavy atom. The maximum atomic E-state index is 12.1. The Hall–Kier alpha value is -0.920. The van der Waals surface area contributed by atoms with Gasteiger partial charge in [0.2, 0.25) is 0 Å². The van der Waals surface area contributed by atoms with Crippen LogP contribution in [0.4, 0.5) is 0 Å². The minimum absolute atomic E-state index is 0.0663. The van der Waals surface area contributed by atoms with E-state index in [0.717, 1.165) is 19.3 Å². The van der Waals surface area contributed by atoms with Gasteiger partial charge < -0.3 is 5.11 Å². The Morgan fingerprint density at radius 1 is 1.61 bits per heavy atom. The van der Waals surface area contributed by atoms with Gasteiger partial charge in [-0.25, -0.2) is 0 Å². The fraction of sp³-hybridized carbons (Fsp3) is 0.727. The van der Waals surface area contributed by atoms with Crippen LogP contribution in [0.2, 0.25) is 0 Å². The highest BCUT2D eigenvalue weighted by Crippen LogP contribution is 2.19. The first-order valence-corrected chi connectivity index (χ1v) is 7.45. The first-order valence-electron chi connectivity index (χ1n) is 6.01. The molecule has 2 atom stereocenters. The molecule has 0 aromatic rings. The molecule has 0 saturated carbocycles. The summed E-state index contributed by atoms with van der Waals surface area (Å²) in [6, 6.07) is -1.24. The third-order valence-electron chi connectivity index (χ3n) is 3.04. The Labute approximate surface area is 108 Å². The third kappa shape index (κ3) is 3.79. The van der Waals surface area contributed by atoms with Crippen LogP contribution in [-0.2, 0) is 15.0 Å². The molecule has 7 heteroatoms. The van der Waals surface area contributed by atoms with Crippen LogP contribution >= 0.6 is 0 Å². The fourth-order valence-corrected chi connectivity index (χ4v) is 3.68. The van der Waals surface area contributed by atoms with E-state index in [2.05, 4.69) is 11.3 Å². The van der Waals surface area contributed by atoms with E-state index in [9.17, 15) is 13.2 Å². The molecule has 0 spiro atoms. The third-order valence-corrected chi connectivity index (χ3v) is 4.78. The number of hydrogen-bond acceptors (Lipinski definition) is 3. The van der Waals surface area contributed by atoms with Crippen LogP contribution in [0.15, 0.2) is 12.7 Å². The standard InChI is InChI=1S/C11H20N2O4S/c1-3-6-10(11(14)15)12-18(16,17)13-8-5-4-7-9(13)2/h3,9-10,12H,1,4-8H2,2H3,(H,14,15). The highest BCUT2D eigenvalue weighted by Gasteiger charge is 2.32. The molecule has 6 nitrogen and oxygen atoms in total. The molecular weight excluding hydrogens is 256 g/mol. The van der Waals surface area contributed by atoms with E-state index in [0.29, 0.717) is 6.54 Å². The molecule has 1 aliphatic rings. The van der Waals surface area contributed by atoms with Crippen LogP contribution in [-0.4, -0.2) is 42.4 Å². The van der Waals surface area contributed by atoms with Crippen LogP contribution in [0, 0.1) is 0 Å². The number of carboxylic acids is 1. The molecule has 0 bridgehead atoms. The molecule has 1 rings (SSSR count). The lowest BCUT2D eigenvalue weighted by Crippen LogP contribution is -2.52. The zero-order valence-electron chi connectivity index (χ0n) is 10.5. The smallest absolute Gasteiger partial charge is 0.322 e. The molecule has 1 saturated heterocycles. The summed E-state index contributed by atoms with van der Waals surface area (Å²) >= 11 is 0. The van der Waals surface area contributed by atoms with Gasteiger partial charge in [-0.1, -0.05) is 12.5 Å². The summed E-state index contributed by atoms with van der Waals surface area (Å²) < 4.78 is 27.8.